The Morgan fingerprint density at radius 1 is 1.14 bits per heavy atom. The summed E-state index contributed by atoms with van der Waals surface area (Å²) in [4.78, 5) is 19.2. The minimum atomic E-state index is -3.13. The van der Waals surface area contributed by atoms with Crippen LogP contribution in [-0.2, 0) is 14.6 Å². The molecule has 158 valence electrons. The molecule has 9 heteroatoms. The number of sulfone groups is 1. The molecule has 0 aromatic heterocycles. The Balaban J connectivity index is 1.73. The summed E-state index contributed by atoms with van der Waals surface area (Å²) < 4.78 is 35.4. The maximum Gasteiger partial charge on any atom is 0.251 e. The Hall–Kier alpha value is -1.74. The monoisotopic (exact) mass is 438 g/mol. The van der Waals surface area contributed by atoms with Crippen LogP contribution in [0, 0.1) is 5.92 Å². The van der Waals surface area contributed by atoms with Crippen molar-refractivity contribution in [2.24, 2.45) is 10.9 Å². The standard InChI is InChI=1S/C20H26N2O5S2/c1-26-14-8-9-17(27-2)15(10-14)22-16-11-29(24,25)12-18(16)28-20(22)21-19(23)13-6-4-3-5-7-13/h8-10,13,16,18H,3-7,11-12H2,1-2H3/t16-,18+/m0/s1. The van der Waals surface area contributed by atoms with Gasteiger partial charge < -0.3 is 14.4 Å². The lowest BCUT2D eigenvalue weighted by atomic mass is 9.89. The van der Waals surface area contributed by atoms with E-state index in [0.717, 1.165) is 25.7 Å². The van der Waals surface area contributed by atoms with Crippen LogP contribution in [0.25, 0.3) is 0 Å². The second kappa shape index (κ2) is 8.18. The zero-order valence-electron chi connectivity index (χ0n) is 16.7. The molecule has 1 aliphatic carbocycles. The number of methoxy groups -OCH3 is 2. The molecule has 29 heavy (non-hydrogen) atoms. The molecule has 0 N–H and O–H groups in total. The van der Waals surface area contributed by atoms with Gasteiger partial charge in [0.2, 0.25) is 0 Å². The number of aliphatic imine (C=N–C) groups is 1. The summed E-state index contributed by atoms with van der Waals surface area (Å²) in [5.74, 6) is 1.24. The summed E-state index contributed by atoms with van der Waals surface area (Å²) in [6.45, 7) is 0. The van der Waals surface area contributed by atoms with E-state index in [1.165, 1.54) is 18.2 Å². The number of rotatable bonds is 4. The number of amidine groups is 1. The van der Waals surface area contributed by atoms with Crippen molar-refractivity contribution in [3.05, 3.63) is 18.2 Å². The summed E-state index contributed by atoms with van der Waals surface area (Å²) in [6.07, 6.45) is 5.05. The first-order chi connectivity index (χ1) is 13.9. The number of anilines is 1. The summed E-state index contributed by atoms with van der Waals surface area (Å²) in [5.41, 5.74) is 0.680. The Labute approximate surface area is 175 Å². The predicted octanol–water partition coefficient (Wildman–Crippen LogP) is 2.89. The maximum atomic E-state index is 12.9. The van der Waals surface area contributed by atoms with E-state index in [1.807, 2.05) is 11.0 Å². The Morgan fingerprint density at radius 2 is 1.90 bits per heavy atom. The molecule has 1 saturated carbocycles. The van der Waals surface area contributed by atoms with Crippen molar-refractivity contribution in [2.75, 3.05) is 30.6 Å². The second-order valence-corrected chi connectivity index (χ2v) is 11.1. The van der Waals surface area contributed by atoms with Crippen LogP contribution in [0.15, 0.2) is 23.2 Å². The molecule has 2 atom stereocenters. The van der Waals surface area contributed by atoms with E-state index < -0.39 is 9.84 Å². The maximum absolute atomic E-state index is 12.9. The van der Waals surface area contributed by atoms with E-state index in [2.05, 4.69) is 4.99 Å². The summed E-state index contributed by atoms with van der Waals surface area (Å²) in [6, 6.07) is 5.12. The number of amides is 1. The molecular weight excluding hydrogens is 412 g/mol. The number of thioether (sulfide) groups is 1. The zero-order chi connectivity index (χ0) is 20.6. The van der Waals surface area contributed by atoms with Gasteiger partial charge in [0.25, 0.3) is 5.91 Å². The van der Waals surface area contributed by atoms with E-state index in [0.29, 0.717) is 22.4 Å². The van der Waals surface area contributed by atoms with Crippen molar-refractivity contribution in [3.63, 3.8) is 0 Å². The third-order valence-electron chi connectivity index (χ3n) is 5.87. The molecule has 0 radical (unpaired) electrons. The number of hydrogen-bond donors (Lipinski definition) is 0. The van der Waals surface area contributed by atoms with Crippen molar-refractivity contribution >= 4 is 38.4 Å². The predicted molar refractivity (Wildman–Crippen MR) is 115 cm³/mol. The smallest absolute Gasteiger partial charge is 0.251 e. The van der Waals surface area contributed by atoms with Crippen molar-refractivity contribution < 1.29 is 22.7 Å². The van der Waals surface area contributed by atoms with Crippen LogP contribution in [0.2, 0.25) is 0 Å². The highest BCUT2D eigenvalue weighted by atomic mass is 32.2. The van der Waals surface area contributed by atoms with Crippen LogP contribution in [0.3, 0.4) is 0 Å². The fourth-order valence-corrected chi connectivity index (χ4v) is 8.28. The largest absolute Gasteiger partial charge is 0.497 e. The molecular formula is C20H26N2O5S2. The first-order valence-electron chi connectivity index (χ1n) is 9.93. The molecule has 4 rings (SSSR count). The van der Waals surface area contributed by atoms with Crippen LogP contribution >= 0.6 is 11.8 Å². The van der Waals surface area contributed by atoms with Gasteiger partial charge in [0.1, 0.15) is 11.5 Å². The van der Waals surface area contributed by atoms with Gasteiger partial charge in [-0.05, 0) is 25.0 Å². The fraction of sp³-hybridized carbons (Fsp3) is 0.600. The van der Waals surface area contributed by atoms with Crippen LogP contribution in [0.1, 0.15) is 32.1 Å². The summed E-state index contributed by atoms with van der Waals surface area (Å²) in [5, 5.41) is 0.422. The molecule has 2 aliphatic heterocycles. The molecule has 3 fully saturated rings. The number of hydrogen-bond acceptors (Lipinski definition) is 6. The highest BCUT2D eigenvalue weighted by Gasteiger charge is 2.50. The van der Waals surface area contributed by atoms with Gasteiger partial charge in [-0.1, -0.05) is 31.0 Å². The van der Waals surface area contributed by atoms with Gasteiger partial charge in [-0.25, -0.2) is 8.42 Å². The summed E-state index contributed by atoms with van der Waals surface area (Å²) >= 11 is 1.39. The van der Waals surface area contributed by atoms with Crippen LogP contribution in [-0.4, -0.2) is 56.5 Å². The lowest BCUT2D eigenvalue weighted by Crippen LogP contribution is -2.38. The van der Waals surface area contributed by atoms with Gasteiger partial charge in [-0.15, -0.1) is 0 Å². The molecule has 0 unspecified atom stereocenters. The Kier molecular flexibility index (Phi) is 5.79. The molecule has 0 bridgehead atoms. The molecule has 3 aliphatic rings. The second-order valence-electron chi connectivity index (χ2n) is 7.78. The Morgan fingerprint density at radius 3 is 2.59 bits per heavy atom. The molecule has 1 aromatic carbocycles. The van der Waals surface area contributed by atoms with E-state index in [1.54, 1.807) is 26.4 Å². The molecule has 1 amide bonds. The highest BCUT2D eigenvalue weighted by Crippen LogP contribution is 2.45. The number of benzene rings is 1. The first-order valence-corrected chi connectivity index (χ1v) is 12.6. The number of ether oxygens (including phenoxy) is 2. The van der Waals surface area contributed by atoms with Gasteiger partial charge in [-0.2, -0.15) is 4.99 Å². The van der Waals surface area contributed by atoms with Crippen LogP contribution in [0.4, 0.5) is 5.69 Å². The molecule has 2 saturated heterocycles. The highest BCUT2D eigenvalue weighted by molar-refractivity contribution is 8.16. The third-order valence-corrected chi connectivity index (χ3v) is 9.08. The fourth-order valence-electron chi connectivity index (χ4n) is 4.37. The van der Waals surface area contributed by atoms with Crippen molar-refractivity contribution in [1.29, 1.82) is 0 Å². The molecule has 1 aromatic rings. The molecule has 2 heterocycles. The van der Waals surface area contributed by atoms with Gasteiger partial charge in [0.05, 0.1) is 37.5 Å². The van der Waals surface area contributed by atoms with E-state index >= 15 is 0 Å². The number of fused-ring (bicyclic) bond motifs is 1. The lowest BCUT2D eigenvalue weighted by molar-refractivity contribution is -0.122. The average molecular weight is 439 g/mol. The minimum Gasteiger partial charge on any atom is -0.497 e. The third kappa shape index (κ3) is 4.12. The normalized spacial score (nSPS) is 27.8. The van der Waals surface area contributed by atoms with E-state index in [4.69, 9.17) is 9.47 Å². The number of nitrogens with zero attached hydrogens (tertiary/aromatic N) is 2. The van der Waals surface area contributed by atoms with Gasteiger partial charge in [-0.3, -0.25) is 4.79 Å². The topological polar surface area (TPSA) is 85.3 Å². The summed E-state index contributed by atoms with van der Waals surface area (Å²) in [7, 11) is 0.0204. The minimum absolute atomic E-state index is 0.0323. The van der Waals surface area contributed by atoms with Crippen LogP contribution < -0.4 is 14.4 Å². The van der Waals surface area contributed by atoms with Crippen molar-refractivity contribution in [1.82, 2.24) is 0 Å². The van der Waals surface area contributed by atoms with Gasteiger partial charge in [0, 0.05) is 17.2 Å². The Bertz CT molecular complexity index is 925. The first kappa shape index (κ1) is 20.5. The van der Waals surface area contributed by atoms with Crippen LogP contribution in [0.5, 0.6) is 11.5 Å². The van der Waals surface area contributed by atoms with Gasteiger partial charge >= 0.3 is 0 Å². The van der Waals surface area contributed by atoms with E-state index in [9.17, 15) is 13.2 Å². The average Bonchev–Trinajstić information content (AvgIpc) is 3.18. The van der Waals surface area contributed by atoms with Crippen molar-refractivity contribution in [2.45, 2.75) is 43.4 Å². The quantitative estimate of drug-likeness (QED) is 0.714. The zero-order valence-corrected chi connectivity index (χ0v) is 18.3. The number of carbonyl (C=O) groups is 1. The SMILES string of the molecule is COc1ccc(OC)c(N2C(=NC(=O)C3CCCCC3)S[C@@H]3CS(=O)(=O)C[C@@H]32)c1. The molecule has 0 spiro atoms. The lowest BCUT2D eigenvalue weighted by Gasteiger charge is -2.27. The number of carbonyl (C=O) groups excluding carboxylic acids is 1. The van der Waals surface area contributed by atoms with Gasteiger partial charge in [0.15, 0.2) is 15.0 Å². The van der Waals surface area contributed by atoms with Crippen molar-refractivity contribution in [3.8, 4) is 11.5 Å². The van der Waals surface area contributed by atoms with E-state index in [-0.39, 0.29) is 34.6 Å². The molecule has 7 nitrogen and oxygen atoms in total.